The molecule has 0 saturated heterocycles. The summed E-state index contributed by atoms with van der Waals surface area (Å²) in [5.74, 6) is -1.96. The maximum Gasteiger partial charge on any atom is 0.445 e. The van der Waals surface area contributed by atoms with Crippen LogP contribution in [0.5, 0.6) is 0 Å². The minimum atomic E-state index is -5.49. The number of unbranched alkanes of at least 4 members (excludes halogenated alkanes) is 3. The molecule has 0 fully saturated rings. The number of carbonyl (C=O) groups is 1. The van der Waals surface area contributed by atoms with Crippen LogP contribution in [-0.4, -0.2) is 29.3 Å². The molecule has 0 saturated carbocycles. The number of carbonyl (C=O) groups excluding carboxylic acids is 1. The molecule has 0 aliphatic carbocycles. The van der Waals surface area contributed by atoms with Gasteiger partial charge in [-0.25, -0.2) is 14.8 Å². The molecular formula is C16H15F6N3O4. The lowest BCUT2D eigenvalue weighted by atomic mass is 10.2. The number of hydrogen-bond donors (Lipinski definition) is 0. The molecule has 0 spiro atoms. The van der Waals surface area contributed by atoms with Crippen molar-refractivity contribution in [1.82, 2.24) is 0 Å². The van der Waals surface area contributed by atoms with E-state index in [1.54, 1.807) is 0 Å². The van der Waals surface area contributed by atoms with E-state index in [0.29, 0.717) is 6.42 Å². The normalized spacial score (nSPS) is 18.6. The summed E-state index contributed by atoms with van der Waals surface area (Å²) in [6.07, 6.45) is -8.14. The molecule has 0 N–H and O–H groups in total. The van der Waals surface area contributed by atoms with E-state index in [0.717, 1.165) is 12.8 Å². The van der Waals surface area contributed by atoms with Crippen molar-refractivity contribution >= 4 is 11.7 Å². The van der Waals surface area contributed by atoms with Crippen LogP contribution in [0.25, 0.3) is 0 Å². The number of nitro groups is 1. The van der Waals surface area contributed by atoms with Crippen molar-refractivity contribution in [3.05, 3.63) is 38.5 Å². The molecule has 0 amide bonds. The van der Waals surface area contributed by atoms with Gasteiger partial charge in [0, 0.05) is 6.07 Å². The fourth-order valence-corrected chi connectivity index (χ4v) is 2.60. The van der Waals surface area contributed by atoms with Gasteiger partial charge in [-0.1, -0.05) is 26.2 Å². The predicted molar refractivity (Wildman–Crippen MR) is 84.3 cm³/mol. The third-order valence-electron chi connectivity index (χ3n) is 4.06. The van der Waals surface area contributed by atoms with Crippen LogP contribution in [0.2, 0.25) is 0 Å². The highest BCUT2D eigenvalue weighted by atomic mass is 19.4. The number of rotatable bonds is 7. The number of nitrogens with zero attached hydrogens (tertiary/aromatic N) is 3. The smallest absolute Gasteiger partial charge is 0.445 e. The average Bonchev–Trinajstić information content (AvgIpc) is 3.00. The molecular weight excluding hydrogens is 412 g/mol. The Balaban J connectivity index is 2.55. The first-order valence-electron chi connectivity index (χ1n) is 8.43. The van der Waals surface area contributed by atoms with Crippen molar-refractivity contribution in [2.45, 2.75) is 50.6 Å². The Kier molecular flexibility index (Phi) is 6.18. The van der Waals surface area contributed by atoms with Gasteiger partial charge < -0.3 is 4.74 Å². The maximum absolute atomic E-state index is 13.6. The van der Waals surface area contributed by atoms with Crippen LogP contribution >= 0.6 is 0 Å². The summed E-state index contributed by atoms with van der Waals surface area (Å²) in [5, 5.41) is 8.95. The van der Waals surface area contributed by atoms with Gasteiger partial charge in [-0.15, -0.1) is 0 Å². The van der Waals surface area contributed by atoms with Crippen molar-refractivity contribution in [1.29, 1.82) is 0 Å². The zero-order valence-corrected chi connectivity index (χ0v) is 14.9. The topological polar surface area (TPSA) is 94.2 Å². The van der Waals surface area contributed by atoms with Crippen molar-refractivity contribution in [3.8, 4) is 0 Å². The molecule has 29 heavy (non-hydrogen) atoms. The van der Waals surface area contributed by atoms with Gasteiger partial charge in [0.2, 0.25) is 0 Å². The minimum absolute atomic E-state index is 0.0421. The van der Waals surface area contributed by atoms with Gasteiger partial charge in [0.05, 0.1) is 22.5 Å². The highest BCUT2D eigenvalue weighted by Gasteiger charge is 2.64. The number of ether oxygens (including phenoxy) is 1. The third-order valence-corrected chi connectivity index (χ3v) is 4.06. The summed E-state index contributed by atoms with van der Waals surface area (Å²) >= 11 is 0. The standard InChI is InChI=1S/C16H15F6N3O4/c1-2-3-4-5-6-29-13(26)14(16(20,21)22)23-10-7-9(15(17,18)19)8-11(25(27)28)12(10)24-14/h7-8H,2-6H2,1H3. The Labute approximate surface area is 159 Å². The largest absolute Gasteiger partial charge is 0.462 e. The average molecular weight is 427 g/mol. The molecule has 1 atom stereocenters. The van der Waals surface area contributed by atoms with Crippen LogP contribution in [0.1, 0.15) is 38.2 Å². The second kappa shape index (κ2) is 7.95. The zero-order valence-electron chi connectivity index (χ0n) is 14.9. The molecule has 1 aromatic carbocycles. The maximum atomic E-state index is 13.6. The number of esters is 1. The summed E-state index contributed by atoms with van der Waals surface area (Å²) in [6, 6.07) is 0.217. The molecule has 1 aliphatic heterocycles. The van der Waals surface area contributed by atoms with Crippen molar-refractivity contribution in [2.75, 3.05) is 6.61 Å². The Morgan fingerprint density at radius 3 is 2.31 bits per heavy atom. The van der Waals surface area contributed by atoms with E-state index in [-0.39, 0.29) is 25.2 Å². The number of non-ortho nitro benzene ring substituents is 1. The number of nitro benzene ring substituents is 1. The number of halogens is 6. The quantitative estimate of drug-likeness (QED) is 0.220. The molecule has 1 unspecified atom stereocenters. The lowest BCUT2D eigenvalue weighted by Gasteiger charge is -2.23. The molecule has 0 bridgehead atoms. The van der Waals surface area contributed by atoms with Crippen LogP contribution in [0.4, 0.5) is 32.0 Å². The van der Waals surface area contributed by atoms with E-state index in [1.165, 1.54) is 0 Å². The number of fused-ring (bicyclic) bond motifs is 1. The zero-order chi connectivity index (χ0) is 22.0. The first-order valence-corrected chi connectivity index (χ1v) is 8.43. The second-order valence-corrected chi connectivity index (χ2v) is 6.21. The van der Waals surface area contributed by atoms with E-state index in [4.69, 9.17) is 0 Å². The van der Waals surface area contributed by atoms with Gasteiger partial charge in [0.15, 0.2) is 5.36 Å². The van der Waals surface area contributed by atoms with E-state index < -0.39 is 50.9 Å². The Hall–Kier alpha value is -2.73. The van der Waals surface area contributed by atoms with Gasteiger partial charge in [-0.3, -0.25) is 10.1 Å². The van der Waals surface area contributed by atoms with Crippen molar-refractivity contribution < 1.29 is 40.8 Å². The van der Waals surface area contributed by atoms with Gasteiger partial charge in [0.1, 0.15) is 0 Å². The van der Waals surface area contributed by atoms with Gasteiger partial charge in [-0.2, -0.15) is 26.3 Å². The minimum Gasteiger partial charge on any atom is -0.462 e. The van der Waals surface area contributed by atoms with Crippen LogP contribution in [0.3, 0.4) is 0 Å². The summed E-state index contributed by atoms with van der Waals surface area (Å²) in [7, 11) is 0. The first-order chi connectivity index (χ1) is 13.3. The monoisotopic (exact) mass is 427 g/mol. The van der Waals surface area contributed by atoms with E-state index in [1.807, 2.05) is 6.92 Å². The van der Waals surface area contributed by atoms with Gasteiger partial charge >= 0.3 is 24.0 Å². The molecule has 1 aromatic rings. The molecule has 7 nitrogen and oxygen atoms in total. The van der Waals surface area contributed by atoms with Gasteiger partial charge in [0.25, 0.3) is 5.69 Å². The first kappa shape index (κ1) is 22.6. The number of benzene rings is 1. The van der Waals surface area contributed by atoms with Crippen LogP contribution in [-0.2, 0) is 15.7 Å². The van der Waals surface area contributed by atoms with E-state index in [9.17, 15) is 41.3 Å². The van der Waals surface area contributed by atoms with Crippen molar-refractivity contribution in [3.63, 3.8) is 0 Å². The molecule has 13 heteroatoms. The number of alkyl halides is 6. The summed E-state index contributed by atoms with van der Waals surface area (Å²) in [6.45, 7) is 1.51. The van der Waals surface area contributed by atoms with Gasteiger partial charge in [-0.05, 0) is 12.5 Å². The van der Waals surface area contributed by atoms with E-state index in [2.05, 4.69) is 14.7 Å². The Bertz CT molecular complexity index is 928. The summed E-state index contributed by atoms with van der Waals surface area (Å²) in [5.41, 5.74) is -6.83. The second-order valence-electron chi connectivity index (χ2n) is 6.21. The molecule has 0 radical (unpaired) electrons. The van der Waals surface area contributed by atoms with E-state index >= 15 is 0 Å². The molecule has 1 aliphatic rings. The molecule has 2 rings (SSSR count). The highest BCUT2D eigenvalue weighted by molar-refractivity contribution is 5.82. The van der Waals surface area contributed by atoms with Crippen LogP contribution in [0.15, 0.2) is 22.1 Å². The molecule has 1 heterocycles. The fraction of sp³-hybridized carbons (Fsp3) is 0.562. The molecule has 0 aromatic heterocycles. The lowest BCUT2D eigenvalue weighted by Crippen LogP contribution is -2.49. The number of hydrogen-bond acceptors (Lipinski definition) is 6. The molecule has 160 valence electrons. The Morgan fingerprint density at radius 2 is 1.79 bits per heavy atom. The third kappa shape index (κ3) is 4.48. The van der Waals surface area contributed by atoms with Crippen LogP contribution in [0, 0.1) is 10.1 Å². The summed E-state index contributed by atoms with van der Waals surface area (Å²) in [4.78, 5) is 28.0. The fourth-order valence-electron chi connectivity index (χ4n) is 2.60. The van der Waals surface area contributed by atoms with Crippen LogP contribution < -0.4 is 10.7 Å². The lowest BCUT2D eigenvalue weighted by molar-refractivity contribution is -0.386. The Morgan fingerprint density at radius 1 is 1.14 bits per heavy atom. The predicted octanol–water partition coefficient (Wildman–Crippen LogP) is 3.25. The van der Waals surface area contributed by atoms with Crippen molar-refractivity contribution in [2.24, 2.45) is 9.98 Å². The highest BCUT2D eigenvalue weighted by Crippen LogP contribution is 2.38. The SMILES string of the molecule is CCCCCCOC(=O)C1(C(F)(F)F)N=c2cc(C(F)(F)F)cc([N+](=O)[O-])c2=N1. The summed E-state index contributed by atoms with van der Waals surface area (Å²) < 4.78 is 84.4.